The largest absolute Gasteiger partial charge is 0.375 e. The lowest BCUT2D eigenvalue weighted by Gasteiger charge is -2.06. The van der Waals surface area contributed by atoms with Gasteiger partial charge in [0.05, 0.1) is 4.92 Å². The summed E-state index contributed by atoms with van der Waals surface area (Å²) in [5.74, 6) is 0. The zero-order valence-corrected chi connectivity index (χ0v) is 11.7. The number of nitro benzene ring substituents is 1. The lowest BCUT2D eigenvalue weighted by Crippen LogP contribution is -2.02. The van der Waals surface area contributed by atoms with Crippen molar-refractivity contribution in [3.8, 4) is 0 Å². The average Bonchev–Trinajstić information content (AvgIpc) is 2.80. The van der Waals surface area contributed by atoms with E-state index in [9.17, 15) is 10.1 Å². The van der Waals surface area contributed by atoms with Gasteiger partial charge in [-0.2, -0.15) is 11.3 Å². The minimum Gasteiger partial charge on any atom is -0.375 e. The van der Waals surface area contributed by atoms with Gasteiger partial charge in [-0.1, -0.05) is 0 Å². The van der Waals surface area contributed by atoms with Gasteiger partial charge >= 0.3 is 0 Å². The number of anilines is 1. The number of hydrogen-bond acceptors (Lipinski definition) is 4. The summed E-state index contributed by atoms with van der Waals surface area (Å²) in [5, 5.41) is 18.0. The van der Waals surface area contributed by atoms with Crippen LogP contribution >= 0.6 is 33.9 Å². The third-order valence-corrected chi connectivity index (χ3v) is 3.62. The maximum Gasteiger partial charge on any atom is 0.293 e. The van der Waals surface area contributed by atoms with Crippen LogP contribution in [0.15, 0.2) is 35.0 Å². The zero-order chi connectivity index (χ0) is 12.3. The standard InChI is InChI=1S/C11H9IN2O2S/c12-9-1-2-10(11(5-9)14(15)16)13-6-8-3-4-17-7-8/h1-5,7,13H,6H2. The molecule has 0 aliphatic heterocycles. The second-order valence-corrected chi connectivity index (χ2v) is 5.43. The van der Waals surface area contributed by atoms with Crippen molar-refractivity contribution in [2.45, 2.75) is 6.54 Å². The van der Waals surface area contributed by atoms with Crippen LogP contribution in [0.5, 0.6) is 0 Å². The summed E-state index contributed by atoms with van der Waals surface area (Å²) in [6, 6.07) is 7.16. The number of nitrogens with zero attached hydrogens (tertiary/aromatic N) is 1. The molecule has 1 heterocycles. The Morgan fingerprint density at radius 3 is 2.88 bits per heavy atom. The van der Waals surface area contributed by atoms with Crippen molar-refractivity contribution in [2.75, 3.05) is 5.32 Å². The molecular formula is C11H9IN2O2S. The highest BCUT2D eigenvalue weighted by Gasteiger charge is 2.13. The Kier molecular flexibility index (Phi) is 3.95. The first-order valence-corrected chi connectivity index (χ1v) is 6.88. The van der Waals surface area contributed by atoms with E-state index in [-0.39, 0.29) is 10.6 Å². The molecule has 0 saturated carbocycles. The SMILES string of the molecule is O=[N+]([O-])c1cc(I)ccc1NCc1ccsc1. The van der Waals surface area contributed by atoms with E-state index < -0.39 is 0 Å². The summed E-state index contributed by atoms with van der Waals surface area (Å²) in [7, 11) is 0. The lowest BCUT2D eigenvalue weighted by atomic mass is 10.2. The van der Waals surface area contributed by atoms with Crippen molar-refractivity contribution in [1.29, 1.82) is 0 Å². The fourth-order valence-electron chi connectivity index (χ4n) is 1.40. The van der Waals surface area contributed by atoms with Gasteiger partial charge < -0.3 is 5.32 Å². The molecule has 0 atom stereocenters. The molecule has 1 aromatic carbocycles. The van der Waals surface area contributed by atoms with Crippen molar-refractivity contribution >= 4 is 45.3 Å². The van der Waals surface area contributed by atoms with Gasteiger partial charge in [-0.3, -0.25) is 10.1 Å². The topological polar surface area (TPSA) is 55.2 Å². The Labute approximate surface area is 116 Å². The van der Waals surface area contributed by atoms with Gasteiger partial charge in [0.15, 0.2) is 0 Å². The Morgan fingerprint density at radius 2 is 2.24 bits per heavy atom. The molecule has 0 fully saturated rings. The molecule has 88 valence electrons. The zero-order valence-electron chi connectivity index (χ0n) is 8.72. The predicted octanol–water partition coefficient (Wildman–Crippen LogP) is 3.87. The number of rotatable bonds is 4. The molecule has 0 amide bonds. The van der Waals surface area contributed by atoms with E-state index >= 15 is 0 Å². The summed E-state index contributed by atoms with van der Waals surface area (Å²) in [4.78, 5) is 10.5. The molecule has 4 nitrogen and oxygen atoms in total. The van der Waals surface area contributed by atoms with E-state index in [2.05, 4.69) is 27.9 Å². The molecule has 2 aromatic rings. The minimum absolute atomic E-state index is 0.118. The molecule has 0 radical (unpaired) electrons. The first kappa shape index (κ1) is 12.3. The Bertz CT molecular complexity index is 528. The fraction of sp³-hybridized carbons (Fsp3) is 0.0909. The van der Waals surface area contributed by atoms with E-state index in [1.54, 1.807) is 23.5 Å². The Balaban J connectivity index is 2.17. The molecule has 0 bridgehead atoms. The number of benzene rings is 1. The van der Waals surface area contributed by atoms with E-state index in [1.165, 1.54) is 0 Å². The van der Waals surface area contributed by atoms with E-state index in [1.807, 2.05) is 22.9 Å². The van der Waals surface area contributed by atoms with Crippen LogP contribution in [-0.2, 0) is 6.54 Å². The third-order valence-electron chi connectivity index (χ3n) is 2.22. The van der Waals surface area contributed by atoms with Gasteiger partial charge in [0.2, 0.25) is 0 Å². The van der Waals surface area contributed by atoms with Gasteiger partial charge in [-0.15, -0.1) is 0 Å². The monoisotopic (exact) mass is 360 g/mol. The molecule has 0 aliphatic carbocycles. The van der Waals surface area contributed by atoms with Gasteiger partial charge in [-0.25, -0.2) is 0 Å². The van der Waals surface area contributed by atoms with Crippen LogP contribution < -0.4 is 5.32 Å². The summed E-state index contributed by atoms with van der Waals surface area (Å²) in [6.07, 6.45) is 0. The minimum atomic E-state index is -0.363. The van der Waals surface area contributed by atoms with Crippen LogP contribution in [0.1, 0.15) is 5.56 Å². The van der Waals surface area contributed by atoms with Gasteiger partial charge in [0.1, 0.15) is 5.69 Å². The van der Waals surface area contributed by atoms with Gasteiger partial charge in [-0.05, 0) is 57.1 Å². The smallest absolute Gasteiger partial charge is 0.293 e. The number of hydrogen-bond donors (Lipinski definition) is 1. The highest BCUT2D eigenvalue weighted by molar-refractivity contribution is 14.1. The van der Waals surface area contributed by atoms with E-state index in [0.717, 1.165) is 9.13 Å². The second kappa shape index (κ2) is 5.46. The molecule has 0 spiro atoms. The Morgan fingerprint density at radius 1 is 1.41 bits per heavy atom. The fourth-order valence-corrected chi connectivity index (χ4v) is 2.54. The van der Waals surface area contributed by atoms with Crippen LogP contribution in [0.2, 0.25) is 0 Å². The van der Waals surface area contributed by atoms with Crippen LogP contribution in [0.4, 0.5) is 11.4 Å². The molecule has 1 N–H and O–H groups in total. The van der Waals surface area contributed by atoms with Gasteiger partial charge in [0, 0.05) is 16.2 Å². The predicted molar refractivity (Wildman–Crippen MR) is 77.5 cm³/mol. The molecule has 6 heteroatoms. The van der Waals surface area contributed by atoms with E-state index in [4.69, 9.17) is 0 Å². The van der Waals surface area contributed by atoms with Gasteiger partial charge in [0.25, 0.3) is 5.69 Å². The van der Waals surface area contributed by atoms with Crippen LogP contribution in [-0.4, -0.2) is 4.92 Å². The number of nitrogens with one attached hydrogen (secondary N) is 1. The first-order chi connectivity index (χ1) is 8.16. The third kappa shape index (κ3) is 3.16. The summed E-state index contributed by atoms with van der Waals surface area (Å²) in [5.41, 5.74) is 1.80. The van der Waals surface area contributed by atoms with Crippen LogP contribution in [0.3, 0.4) is 0 Å². The highest BCUT2D eigenvalue weighted by atomic mass is 127. The van der Waals surface area contributed by atoms with Crippen LogP contribution in [0, 0.1) is 13.7 Å². The molecule has 1 aromatic heterocycles. The van der Waals surface area contributed by atoms with Crippen molar-refractivity contribution in [3.63, 3.8) is 0 Å². The van der Waals surface area contributed by atoms with Crippen molar-refractivity contribution in [2.24, 2.45) is 0 Å². The molecule has 0 unspecified atom stereocenters. The maximum atomic E-state index is 10.9. The molecular weight excluding hydrogens is 351 g/mol. The Hall–Kier alpha value is -1.15. The first-order valence-electron chi connectivity index (χ1n) is 4.85. The summed E-state index contributed by atoms with van der Waals surface area (Å²) in [6.45, 7) is 0.602. The maximum absolute atomic E-state index is 10.9. The summed E-state index contributed by atoms with van der Waals surface area (Å²) >= 11 is 3.68. The quantitative estimate of drug-likeness (QED) is 0.512. The van der Waals surface area contributed by atoms with E-state index in [0.29, 0.717) is 12.2 Å². The number of halogens is 1. The van der Waals surface area contributed by atoms with Crippen LogP contribution in [0.25, 0.3) is 0 Å². The molecule has 17 heavy (non-hydrogen) atoms. The molecule has 0 saturated heterocycles. The van der Waals surface area contributed by atoms with Crippen molar-refractivity contribution in [3.05, 3.63) is 54.3 Å². The second-order valence-electron chi connectivity index (χ2n) is 3.40. The molecule has 0 aliphatic rings. The highest BCUT2D eigenvalue weighted by Crippen LogP contribution is 2.26. The number of nitro groups is 1. The normalized spacial score (nSPS) is 10.2. The molecule has 2 rings (SSSR count). The number of thiophene rings is 1. The van der Waals surface area contributed by atoms with Crippen molar-refractivity contribution in [1.82, 2.24) is 0 Å². The average molecular weight is 360 g/mol. The lowest BCUT2D eigenvalue weighted by molar-refractivity contribution is -0.384. The summed E-state index contributed by atoms with van der Waals surface area (Å²) < 4.78 is 0.857. The van der Waals surface area contributed by atoms with Crippen molar-refractivity contribution < 1.29 is 4.92 Å².